The average molecular weight is 512 g/mol. The zero-order chi connectivity index (χ0) is 25.7. The van der Waals surface area contributed by atoms with Gasteiger partial charge in [0, 0.05) is 49.0 Å². The molecule has 2 N–H and O–H groups in total. The predicted octanol–water partition coefficient (Wildman–Crippen LogP) is 4.45. The van der Waals surface area contributed by atoms with Crippen LogP contribution < -0.4 is 15.5 Å². The molecule has 12 heteroatoms. The van der Waals surface area contributed by atoms with Gasteiger partial charge in [0.25, 0.3) is 0 Å². The minimum absolute atomic E-state index is 0.144. The van der Waals surface area contributed by atoms with Crippen molar-refractivity contribution in [2.45, 2.75) is 12.6 Å². The second-order valence-corrected chi connectivity index (χ2v) is 9.14. The molecule has 3 aromatic heterocycles. The number of aromatic nitrogens is 3. The molecule has 1 amide bonds. The Labute approximate surface area is 209 Å². The number of fused-ring (bicyclic) bond motifs is 2. The van der Waals surface area contributed by atoms with E-state index in [0.717, 1.165) is 18.8 Å². The number of halogens is 3. The fraction of sp³-hybridized carbons (Fsp3) is 0.360. The van der Waals surface area contributed by atoms with E-state index in [2.05, 4.69) is 25.5 Å². The molecule has 6 rings (SSSR count). The van der Waals surface area contributed by atoms with Crippen molar-refractivity contribution in [2.75, 3.05) is 48.9 Å². The van der Waals surface area contributed by atoms with E-state index < -0.39 is 23.9 Å². The smallest absolute Gasteiger partial charge is 0.392 e. The van der Waals surface area contributed by atoms with Crippen molar-refractivity contribution < 1.29 is 27.1 Å². The number of rotatable bonds is 5. The lowest BCUT2D eigenvalue weighted by Crippen LogP contribution is -2.36. The molecule has 2 fully saturated rings. The molecule has 2 atom stereocenters. The van der Waals surface area contributed by atoms with Crippen molar-refractivity contribution in [3.63, 3.8) is 0 Å². The number of hydrogen-bond donors (Lipinski definition) is 2. The Morgan fingerprint density at radius 1 is 1.11 bits per heavy atom. The van der Waals surface area contributed by atoms with Gasteiger partial charge in [-0.2, -0.15) is 13.2 Å². The molecule has 0 bridgehead atoms. The lowest BCUT2D eigenvalue weighted by molar-refractivity contribution is -0.153. The SMILES string of the molecule is CNc1ncc(-c2nc3cc(N4CCOCC4)ccc3o2)c2cc(NC(=O)C3C[C@@H]3C(F)(F)F)ncc12. The van der Waals surface area contributed by atoms with Gasteiger partial charge in [-0.1, -0.05) is 0 Å². The van der Waals surface area contributed by atoms with Crippen molar-refractivity contribution in [3.8, 4) is 11.5 Å². The second-order valence-electron chi connectivity index (χ2n) is 9.14. The molecule has 1 aromatic carbocycles. The number of anilines is 3. The van der Waals surface area contributed by atoms with Gasteiger partial charge in [0.2, 0.25) is 11.8 Å². The third-order valence-electron chi connectivity index (χ3n) is 6.79. The highest BCUT2D eigenvalue weighted by atomic mass is 19.4. The highest BCUT2D eigenvalue weighted by molar-refractivity contribution is 6.03. The van der Waals surface area contributed by atoms with Gasteiger partial charge >= 0.3 is 6.18 Å². The average Bonchev–Trinajstić information content (AvgIpc) is 3.62. The van der Waals surface area contributed by atoms with Gasteiger partial charge in [-0.05, 0) is 30.7 Å². The van der Waals surface area contributed by atoms with Crippen LogP contribution in [0.4, 0.5) is 30.5 Å². The lowest BCUT2D eigenvalue weighted by atomic mass is 10.1. The number of hydrogen-bond acceptors (Lipinski definition) is 8. The predicted molar refractivity (Wildman–Crippen MR) is 131 cm³/mol. The Kier molecular flexibility index (Phi) is 5.63. The fourth-order valence-electron chi connectivity index (χ4n) is 4.69. The maximum Gasteiger partial charge on any atom is 0.392 e. The molecule has 1 saturated carbocycles. The molecule has 2 aliphatic rings. The zero-order valence-corrected chi connectivity index (χ0v) is 19.8. The highest BCUT2D eigenvalue weighted by Gasteiger charge is 2.58. The number of benzene rings is 1. The number of pyridine rings is 2. The van der Waals surface area contributed by atoms with Crippen LogP contribution in [0.2, 0.25) is 0 Å². The normalized spacial score (nSPS) is 19.8. The highest BCUT2D eigenvalue weighted by Crippen LogP contribution is 2.50. The fourth-order valence-corrected chi connectivity index (χ4v) is 4.69. The summed E-state index contributed by atoms with van der Waals surface area (Å²) in [7, 11) is 1.72. The van der Waals surface area contributed by atoms with E-state index in [9.17, 15) is 18.0 Å². The third kappa shape index (κ3) is 4.41. The van der Waals surface area contributed by atoms with Crippen molar-refractivity contribution in [2.24, 2.45) is 11.8 Å². The maximum atomic E-state index is 12.9. The van der Waals surface area contributed by atoms with Crippen LogP contribution >= 0.6 is 0 Å². The molecule has 1 aliphatic carbocycles. The van der Waals surface area contributed by atoms with Gasteiger partial charge < -0.3 is 24.7 Å². The van der Waals surface area contributed by atoms with E-state index in [4.69, 9.17) is 14.1 Å². The molecule has 1 saturated heterocycles. The van der Waals surface area contributed by atoms with Crippen LogP contribution in [0.15, 0.2) is 41.1 Å². The molecule has 1 aliphatic heterocycles. The van der Waals surface area contributed by atoms with Gasteiger partial charge in [0.05, 0.1) is 30.6 Å². The van der Waals surface area contributed by atoms with Gasteiger partial charge in [-0.25, -0.2) is 15.0 Å². The van der Waals surface area contributed by atoms with E-state index in [1.807, 2.05) is 18.2 Å². The van der Waals surface area contributed by atoms with E-state index in [1.54, 1.807) is 19.3 Å². The summed E-state index contributed by atoms with van der Waals surface area (Å²) in [6.45, 7) is 2.93. The summed E-state index contributed by atoms with van der Waals surface area (Å²) in [6.07, 6.45) is -1.47. The largest absolute Gasteiger partial charge is 0.436 e. The topological polar surface area (TPSA) is 105 Å². The summed E-state index contributed by atoms with van der Waals surface area (Å²) in [6, 6.07) is 7.41. The van der Waals surface area contributed by atoms with Crippen LogP contribution in [-0.2, 0) is 9.53 Å². The second kappa shape index (κ2) is 8.87. The van der Waals surface area contributed by atoms with Crippen LogP contribution in [-0.4, -0.2) is 60.4 Å². The van der Waals surface area contributed by atoms with Crippen LogP contribution in [0, 0.1) is 11.8 Å². The first-order chi connectivity index (χ1) is 17.8. The van der Waals surface area contributed by atoms with Crippen LogP contribution in [0.5, 0.6) is 0 Å². The van der Waals surface area contributed by atoms with Gasteiger partial charge in [0.15, 0.2) is 5.58 Å². The number of carbonyl (C=O) groups excluding carboxylic acids is 1. The molecule has 1 unspecified atom stereocenters. The van der Waals surface area contributed by atoms with Crippen molar-refractivity contribution in [1.82, 2.24) is 15.0 Å². The van der Waals surface area contributed by atoms with Gasteiger partial charge in [0.1, 0.15) is 17.2 Å². The molecule has 37 heavy (non-hydrogen) atoms. The first-order valence-corrected chi connectivity index (χ1v) is 11.9. The van der Waals surface area contributed by atoms with Crippen LogP contribution in [0.25, 0.3) is 33.3 Å². The monoisotopic (exact) mass is 512 g/mol. The third-order valence-corrected chi connectivity index (χ3v) is 6.79. The number of carbonyl (C=O) groups is 1. The molecule has 9 nitrogen and oxygen atoms in total. The Balaban J connectivity index is 1.35. The number of ether oxygens (including phenoxy) is 1. The molecule has 192 valence electrons. The number of oxazole rings is 1. The van der Waals surface area contributed by atoms with Crippen molar-refractivity contribution in [3.05, 3.63) is 36.7 Å². The molecular formula is C25H23F3N6O3. The first kappa shape index (κ1) is 23.5. The summed E-state index contributed by atoms with van der Waals surface area (Å²) in [4.78, 5) is 28.0. The van der Waals surface area contributed by atoms with Crippen molar-refractivity contribution >= 4 is 45.1 Å². The Hall–Kier alpha value is -3.93. The standard InChI is InChI=1S/C25H23F3N6O3/c1-29-22-16-11-30-21(33-23(35)15-9-18(15)25(26,27)28)10-14(16)17(12-31-22)24-32-19-8-13(2-3-20(19)37-24)34-4-6-36-7-5-34/h2-3,8,10-12,15,18H,4-7,9H2,1H3,(H,29,31)(H,30,33,35)/t15?,18-/m0/s1. The van der Waals surface area contributed by atoms with E-state index in [1.165, 1.54) is 6.20 Å². The molecular weight excluding hydrogens is 489 g/mol. The van der Waals surface area contributed by atoms with E-state index in [-0.39, 0.29) is 12.2 Å². The zero-order valence-electron chi connectivity index (χ0n) is 19.8. The van der Waals surface area contributed by atoms with Gasteiger partial charge in [-0.15, -0.1) is 0 Å². The number of alkyl halides is 3. The quantitative estimate of drug-likeness (QED) is 0.404. The lowest BCUT2D eigenvalue weighted by Gasteiger charge is -2.28. The Morgan fingerprint density at radius 2 is 1.92 bits per heavy atom. The number of nitrogens with one attached hydrogen (secondary N) is 2. The van der Waals surface area contributed by atoms with E-state index in [0.29, 0.717) is 52.4 Å². The summed E-state index contributed by atoms with van der Waals surface area (Å²) in [5.74, 6) is -2.38. The van der Waals surface area contributed by atoms with Crippen LogP contribution in [0.1, 0.15) is 6.42 Å². The molecule has 0 radical (unpaired) electrons. The maximum absolute atomic E-state index is 12.9. The minimum atomic E-state index is -4.38. The summed E-state index contributed by atoms with van der Waals surface area (Å²) in [5, 5.41) is 6.81. The Morgan fingerprint density at radius 3 is 2.65 bits per heavy atom. The number of amides is 1. The molecule has 4 heterocycles. The van der Waals surface area contributed by atoms with Crippen molar-refractivity contribution in [1.29, 1.82) is 0 Å². The number of morpholine rings is 1. The van der Waals surface area contributed by atoms with Gasteiger partial charge in [-0.3, -0.25) is 4.79 Å². The summed E-state index contributed by atoms with van der Waals surface area (Å²) in [5.41, 5.74) is 2.87. The minimum Gasteiger partial charge on any atom is -0.436 e. The van der Waals surface area contributed by atoms with Crippen LogP contribution in [0.3, 0.4) is 0 Å². The number of nitrogens with zero attached hydrogens (tertiary/aromatic N) is 4. The molecule has 4 aromatic rings. The van der Waals surface area contributed by atoms with E-state index >= 15 is 0 Å². The molecule has 0 spiro atoms. The first-order valence-electron chi connectivity index (χ1n) is 11.9. The Bertz CT molecular complexity index is 1500. The summed E-state index contributed by atoms with van der Waals surface area (Å²) >= 11 is 0. The summed E-state index contributed by atoms with van der Waals surface area (Å²) < 4.78 is 50.2.